The van der Waals surface area contributed by atoms with E-state index in [2.05, 4.69) is 23.2 Å². The Labute approximate surface area is 111 Å². The van der Waals surface area contributed by atoms with Crippen molar-refractivity contribution < 1.29 is 4.79 Å². The lowest BCUT2D eigenvalue weighted by molar-refractivity contribution is -0.122. The first-order valence-electron chi connectivity index (χ1n) is 6.73. The average molecular weight is 253 g/mol. The highest BCUT2D eigenvalue weighted by molar-refractivity contribution is 5.78. The number of hydrogen-bond donors (Lipinski definition) is 1. The summed E-state index contributed by atoms with van der Waals surface area (Å²) in [5, 5.41) is 11.8. The highest BCUT2D eigenvalue weighted by atomic mass is 16.2. The summed E-state index contributed by atoms with van der Waals surface area (Å²) < 4.78 is 0. The molecule has 0 aromatic rings. The topological polar surface area (TPSA) is 56.1 Å². The Morgan fingerprint density at radius 2 is 2.06 bits per heavy atom. The van der Waals surface area contributed by atoms with Gasteiger partial charge in [0.15, 0.2) is 0 Å². The van der Waals surface area contributed by atoms with Gasteiger partial charge in [0.25, 0.3) is 0 Å². The van der Waals surface area contributed by atoms with Crippen molar-refractivity contribution in [3.63, 3.8) is 0 Å². The molecule has 1 N–H and O–H groups in total. The van der Waals surface area contributed by atoms with E-state index in [1.54, 1.807) is 0 Å². The molecule has 0 rings (SSSR count). The Morgan fingerprint density at radius 3 is 2.50 bits per heavy atom. The monoisotopic (exact) mass is 253 g/mol. The van der Waals surface area contributed by atoms with Crippen LogP contribution < -0.4 is 5.32 Å². The van der Waals surface area contributed by atoms with E-state index in [1.165, 1.54) is 0 Å². The third-order valence-electron chi connectivity index (χ3n) is 2.84. The van der Waals surface area contributed by atoms with Crippen LogP contribution in [0.15, 0.2) is 0 Å². The molecule has 0 aliphatic heterocycles. The van der Waals surface area contributed by atoms with Crippen LogP contribution in [-0.2, 0) is 4.79 Å². The van der Waals surface area contributed by atoms with Gasteiger partial charge in [-0.05, 0) is 53.6 Å². The van der Waals surface area contributed by atoms with Gasteiger partial charge in [-0.2, -0.15) is 5.26 Å². The molecule has 18 heavy (non-hydrogen) atoms. The molecule has 0 atom stereocenters. The molecule has 0 aromatic carbocycles. The van der Waals surface area contributed by atoms with E-state index in [9.17, 15) is 4.79 Å². The van der Waals surface area contributed by atoms with Gasteiger partial charge < -0.3 is 5.32 Å². The minimum atomic E-state index is -0.264. The van der Waals surface area contributed by atoms with Gasteiger partial charge in [0.05, 0.1) is 18.0 Å². The third-order valence-corrected chi connectivity index (χ3v) is 2.84. The molecule has 0 bridgehead atoms. The Kier molecular flexibility index (Phi) is 7.61. The summed E-state index contributed by atoms with van der Waals surface area (Å²) in [5.74, 6) is 0.0754. The number of carbonyl (C=O) groups excluding carboxylic acids is 1. The lowest BCUT2D eigenvalue weighted by Gasteiger charge is -2.22. The fourth-order valence-electron chi connectivity index (χ4n) is 1.72. The number of amides is 1. The van der Waals surface area contributed by atoms with Crippen molar-refractivity contribution in [1.29, 1.82) is 5.26 Å². The molecule has 0 spiro atoms. The van der Waals surface area contributed by atoms with Crippen LogP contribution in [0.4, 0.5) is 0 Å². The largest absolute Gasteiger partial charge is 0.353 e. The molecule has 0 saturated heterocycles. The van der Waals surface area contributed by atoms with Gasteiger partial charge in [-0.15, -0.1) is 0 Å². The summed E-state index contributed by atoms with van der Waals surface area (Å²) in [4.78, 5) is 13.8. The van der Waals surface area contributed by atoms with Crippen molar-refractivity contribution in [2.45, 2.75) is 53.5 Å². The predicted octanol–water partition coefficient (Wildman–Crippen LogP) is 2.16. The van der Waals surface area contributed by atoms with Crippen LogP contribution >= 0.6 is 0 Å². The number of hydrogen-bond acceptors (Lipinski definition) is 3. The van der Waals surface area contributed by atoms with Crippen molar-refractivity contribution in [2.24, 2.45) is 5.41 Å². The molecule has 0 saturated carbocycles. The summed E-state index contributed by atoms with van der Waals surface area (Å²) in [7, 11) is 0. The molecule has 4 nitrogen and oxygen atoms in total. The summed E-state index contributed by atoms with van der Waals surface area (Å²) in [6, 6.07) is 2.49. The van der Waals surface area contributed by atoms with Gasteiger partial charge in [0, 0.05) is 6.04 Å². The number of carbonyl (C=O) groups is 1. The Morgan fingerprint density at radius 1 is 1.44 bits per heavy atom. The molecular weight excluding hydrogens is 226 g/mol. The normalized spacial score (nSPS) is 11.7. The Bertz CT molecular complexity index is 292. The van der Waals surface area contributed by atoms with Crippen LogP contribution in [0.5, 0.6) is 0 Å². The van der Waals surface area contributed by atoms with E-state index in [4.69, 9.17) is 5.26 Å². The lowest BCUT2D eigenvalue weighted by atomic mass is 9.90. The summed E-state index contributed by atoms with van der Waals surface area (Å²) in [6.07, 6.45) is 1.81. The number of nitriles is 1. The molecule has 104 valence electrons. The van der Waals surface area contributed by atoms with Crippen molar-refractivity contribution in [3.8, 4) is 6.07 Å². The number of nitrogens with one attached hydrogen (secondary N) is 1. The van der Waals surface area contributed by atoms with Crippen LogP contribution in [0.1, 0.15) is 47.5 Å². The predicted molar refractivity (Wildman–Crippen MR) is 74.0 cm³/mol. The van der Waals surface area contributed by atoms with Crippen LogP contribution in [0.3, 0.4) is 0 Å². The first-order valence-corrected chi connectivity index (χ1v) is 6.73. The van der Waals surface area contributed by atoms with Gasteiger partial charge in [0.2, 0.25) is 5.91 Å². The van der Waals surface area contributed by atoms with Crippen LogP contribution in [0.25, 0.3) is 0 Å². The van der Waals surface area contributed by atoms with Crippen molar-refractivity contribution in [3.05, 3.63) is 0 Å². The second kappa shape index (κ2) is 8.10. The molecule has 0 aliphatic carbocycles. The fraction of sp³-hybridized carbons (Fsp3) is 0.857. The van der Waals surface area contributed by atoms with Gasteiger partial charge in [-0.25, -0.2) is 0 Å². The zero-order valence-corrected chi connectivity index (χ0v) is 12.4. The maximum absolute atomic E-state index is 11.6. The molecule has 4 heteroatoms. The lowest BCUT2D eigenvalue weighted by Crippen LogP contribution is -2.40. The van der Waals surface area contributed by atoms with E-state index in [0.29, 0.717) is 6.54 Å². The summed E-state index contributed by atoms with van der Waals surface area (Å²) in [5.41, 5.74) is -0.264. The summed E-state index contributed by atoms with van der Waals surface area (Å²) in [6.45, 7) is 12.1. The first-order chi connectivity index (χ1) is 8.30. The maximum Gasteiger partial charge on any atom is 0.234 e. The second-order valence-corrected chi connectivity index (χ2v) is 5.69. The molecule has 0 aromatic heterocycles. The van der Waals surface area contributed by atoms with Crippen LogP contribution in [0, 0.1) is 16.7 Å². The van der Waals surface area contributed by atoms with Gasteiger partial charge in [-0.3, -0.25) is 9.69 Å². The first kappa shape index (κ1) is 16.9. The second-order valence-electron chi connectivity index (χ2n) is 5.69. The third kappa shape index (κ3) is 8.08. The molecular formula is C14H27N3O. The molecule has 0 radical (unpaired) electrons. The van der Waals surface area contributed by atoms with Crippen molar-refractivity contribution in [1.82, 2.24) is 10.2 Å². The van der Waals surface area contributed by atoms with E-state index >= 15 is 0 Å². The van der Waals surface area contributed by atoms with Gasteiger partial charge in [-0.1, -0.05) is 6.92 Å². The molecule has 0 fully saturated rings. The van der Waals surface area contributed by atoms with E-state index in [0.717, 1.165) is 25.9 Å². The maximum atomic E-state index is 11.6. The highest BCUT2D eigenvalue weighted by Crippen LogP contribution is 2.20. The molecule has 0 aliphatic rings. The van der Waals surface area contributed by atoms with Crippen LogP contribution in [-0.4, -0.2) is 36.5 Å². The van der Waals surface area contributed by atoms with E-state index < -0.39 is 0 Å². The SMILES string of the molecule is CCN(CCCC(C)(C)C#N)CC(=O)NC(C)C. The minimum absolute atomic E-state index is 0.0754. The van der Waals surface area contributed by atoms with E-state index in [-0.39, 0.29) is 17.4 Å². The van der Waals surface area contributed by atoms with E-state index in [1.807, 2.05) is 27.7 Å². The molecule has 0 unspecified atom stereocenters. The zero-order chi connectivity index (χ0) is 14.2. The summed E-state index contributed by atoms with van der Waals surface area (Å²) >= 11 is 0. The quantitative estimate of drug-likeness (QED) is 0.721. The Balaban J connectivity index is 3.99. The highest BCUT2D eigenvalue weighted by Gasteiger charge is 2.17. The van der Waals surface area contributed by atoms with Crippen LogP contribution in [0.2, 0.25) is 0 Å². The number of nitrogens with zero attached hydrogens (tertiary/aromatic N) is 2. The van der Waals surface area contributed by atoms with Crippen molar-refractivity contribution >= 4 is 5.91 Å². The van der Waals surface area contributed by atoms with Gasteiger partial charge in [0.1, 0.15) is 0 Å². The Hall–Kier alpha value is -1.08. The van der Waals surface area contributed by atoms with Gasteiger partial charge >= 0.3 is 0 Å². The smallest absolute Gasteiger partial charge is 0.234 e. The standard InChI is InChI=1S/C14H27N3O/c1-6-17(10-13(18)16-12(2)3)9-7-8-14(4,5)11-15/h12H,6-10H2,1-5H3,(H,16,18). The molecule has 0 heterocycles. The number of likely N-dealkylation sites (N-methyl/N-ethyl adjacent to an activating group) is 1. The minimum Gasteiger partial charge on any atom is -0.353 e. The number of rotatable bonds is 8. The molecule has 1 amide bonds. The van der Waals surface area contributed by atoms with Crippen molar-refractivity contribution in [2.75, 3.05) is 19.6 Å². The average Bonchev–Trinajstić information content (AvgIpc) is 2.26. The zero-order valence-electron chi connectivity index (χ0n) is 12.4. The fourth-order valence-corrected chi connectivity index (χ4v) is 1.72.